The minimum atomic E-state index is 0.0981. The number of carbonyl (C=O) groups excluding carboxylic acids is 1. The van der Waals surface area contributed by atoms with Crippen LogP contribution < -0.4 is 0 Å². The van der Waals surface area contributed by atoms with Gasteiger partial charge in [-0.15, -0.1) is 11.3 Å². The van der Waals surface area contributed by atoms with Gasteiger partial charge in [-0.1, -0.05) is 6.07 Å². The number of rotatable bonds is 4. The van der Waals surface area contributed by atoms with Crippen molar-refractivity contribution in [3.8, 4) is 0 Å². The Kier molecular flexibility index (Phi) is 4.07. The molecule has 5 nitrogen and oxygen atoms in total. The van der Waals surface area contributed by atoms with Crippen LogP contribution in [0.25, 0.3) is 0 Å². The molecule has 1 aliphatic heterocycles. The Morgan fingerprint density at radius 2 is 2.43 bits per heavy atom. The lowest BCUT2D eigenvalue weighted by Crippen LogP contribution is -2.39. The Balaban J connectivity index is 1.88. The lowest BCUT2D eigenvalue weighted by atomic mass is 9.97. The molecule has 0 N–H and O–H groups in total. The first-order valence-corrected chi connectivity index (χ1v) is 7.98. The van der Waals surface area contributed by atoms with Gasteiger partial charge in [-0.3, -0.25) is 9.48 Å². The molecule has 0 fully saturated rings. The molecule has 2 aromatic rings. The zero-order valence-corrected chi connectivity index (χ0v) is 13.1. The minimum absolute atomic E-state index is 0.0981. The van der Waals surface area contributed by atoms with Crippen LogP contribution in [0.15, 0.2) is 23.7 Å². The van der Waals surface area contributed by atoms with Crippen molar-refractivity contribution < 1.29 is 9.53 Å². The van der Waals surface area contributed by atoms with Gasteiger partial charge >= 0.3 is 0 Å². The number of amides is 1. The molecule has 1 aliphatic rings. The lowest BCUT2D eigenvalue weighted by molar-refractivity contribution is 0.0683. The number of hydrogen-bond acceptors (Lipinski definition) is 4. The van der Waals surface area contributed by atoms with Gasteiger partial charge in [0.2, 0.25) is 0 Å². The SMILES string of the molecule is CCn1cc2c(n1)[C@@H](COC)CN(C(=O)c1cccs1)C2. The highest BCUT2D eigenvalue weighted by Gasteiger charge is 2.31. The standard InChI is InChI=1S/C15H19N3O2S/c1-3-18-9-11-7-17(15(19)13-5-4-6-21-13)8-12(10-20-2)14(11)16-18/h4-6,9,12H,3,7-8,10H2,1-2H3/t12-/m1/s1. The van der Waals surface area contributed by atoms with Crippen LogP contribution in [0.2, 0.25) is 0 Å². The van der Waals surface area contributed by atoms with Crippen molar-refractivity contribution in [3.63, 3.8) is 0 Å². The second-order valence-electron chi connectivity index (χ2n) is 5.21. The third kappa shape index (κ3) is 2.73. The van der Waals surface area contributed by atoms with E-state index < -0.39 is 0 Å². The van der Waals surface area contributed by atoms with Crippen molar-refractivity contribution in [3.05, 3.63) is 39.8 Å². The Morgan fingerprint density at radius 3 is 3.10 bits per heavy atom. The topological polar surface area (TPSA) is 47.4 Å². The van der Waals surface area contributed by atoms with Crippen molar-refractivity contribution >= 4 is 17.2 Å². The van der Waals surface area contributed by atoms with Gasteiger partial charge in [0.25, 0.3) is 5.91 Å². The molecule has 0 aliphatic carbocycles. The number of thiophene rings is 1. The van der Waals surface area contributed by atoms with Gasteiger partial charge in [0.05, 0.1) is 17.2 Å². The quantitative estimate of drug-likeness (QED) is 0.871. The van der Waals surface area contributed by atoms with Gasteiger partial charge in [-0.05, 0) is 18.4 Å². The number of hydrogen-bond donors (Lipinski definition) is 0. The Bertz CT molecular complexity index is 621. The predicted molar refractivity (Wildman–Crippen MR) is 81.6 cm³/mol. The summed E-state index contributed by atoms with van der Waals surface area (Å²) in [7, 11) is 1.69. The predicted octanol–water partition coefficient (Wildman–Crippen LogP) is 2.35. The third-order valence-electron chi connectivity index (χ3n) is 3.77. The highest BCUT2D eigenvalue weighted by molar-refractivity contribution is 7.12. The summed E-state index contributed by atoms with van der Waals surface area (Å²) in [6, 6.07) is 3.79. The van der Waals surface area contributed by atoms with Gasteiger partial charge in [0.15, 0.2) is 0 Å². The van der Waals surface area contributed by atoms with Crippen molar-refractivity contribution in [2.45, 2.75) is 25.9 Å². The molecule has 0 radical (unpaired) electrons. The monoisotopic (exact) mass is 305 g/mol. The normalized spacial score (nSPS) is 17.8. The smallest absolute Gasteiger partial charge is 0.264 e. The third-order valence-corrected chi connectivity index (χ3v) is 4.63. The average Bonchev–Trinajstić information content (AvgIpc) is 3.15. The molecule has 0 unspecified atom stereocenters. The van der Waals surface area contributed by atoms with Crippen LogP contribution in [0.1, 0.15) is 33.8 Å². The van der Waals surface area contributed by atoms with E-state index in [-0.39, 0.29) is 11.8 Å². The van der Waals surface area contributed by atoms with E-state index in [1.54, 1.807) is 7.11 Å². The van der Waals surface area contributed by atoms with Crippen LogP contribution in [0.4, 0.5) is 0 Å². The summed E-state index contributed by atoms with van der Waals surface area (Å²) in [5.41, 5.74) is 2.21. The Hall–Kier alpha value is -1.66. The van der Waals surface area contributed by atoms with E-state index in [2.05, 4.69) is 12.0 Å². The van der Waals surface area contributed by atoms with Crippen molar-refractivity contribution in [1.29, 1.82) is 0 Å². The summed E-state index contributed by atoms with van der Waals surface area (Å²) in [6.45, 7) is 4.79. The summed E-state index contributed by atoms with van der Waals surface area (Å²) in [4.78, 5) is 15.3. The number of aromatic nitrogens is 2. The van der Waals surface area contributed by atoms with E-state index >= 15 is 0 Å². The molecular weight excluding hydrogens is 286 g/mol. The summed E-state index contributed by atoms with van der Waals surface area (Å²) < 4.78 is 7.25. The molecule has 1 atom stereocenters. The first kappa shape index (κ1) is 14.3. The summed E-state index contributed by atoms with van der Waals surface area (Å²) >= 11 is 1.49. The fraction of sp³-hybridized carbons (Fsp3) is 0.467. The number of nitrogens with zero attached hydrogens (tertiary/aromatic N) is 3. The van der Waals surface area contributed by atoms with Crippen LogP contribution >= 0.6 is 11.3 Å². The lowest BCUT2D eigenvalue weighted by Gasteiger charge is -2.31. The maximum Gasteiger partial charge on any atom is 0.264 e. The zero-order valence-electron chi connectivity index (χ0n) is 12.3. The molecule has 0 saturated carbocycles. The number of aryl methyl sites for hydroxylation is 1. The average molecular weight is 305 g/mol. The summed E-state index contributed by atoms with van der Waals surface area (Å²) in [5, 5.41) is 6.56. The van der Waals surface area contributed by atoms with Gasteiger partial charge in [-0.25, -0.2) is 0 Å². The zero-order chi connectivity index (χ0) is 14.8. The van der Waals surface area contributed by atoms with Crippen molar-refractivity contribution in [1.82, 2.24) is 14.7 Å². The second-order valence-corrected chi connectivity index (χ2v) is 6.16. The van der Waals surface area contributed by atoms with Gasteiger partial charge in [-0.2, -0.15) is 5.10 Å². The Morgan fingerprint density at radius 1 is 1.57 bits per heavy atom. The molecule has 2 aromatic heterocycles. The van der Waals surface area contributed by atoms with Crippen LogP contribution in [0.3, 0.4) is 0 Å². The number of ether oxygens (including phenoxy) is 1. The first-order valence-electron chi connectivity index (χ1n) is 7.10. The molecule has 1 amide bonds. The maximum atomic E-state index is 12.6. The number of methoxy groups -OCH3 is 1. The molecule has 112 valence electrons. The molecule has 0 aromatic carbocycles. The van der Waals surface area contributed by atoms with E-state index in [1.165, 1.54) is 11.3 Å². The molecular formula is C15H19N3O2S. The van der Waals surface area contributed by atoms with Crippen molar-refractivity contribution in [2.24, 2.45) is 0 Å². The molecule has 3 heterocycles. The van der Waals surface area contributed by atoms with E-state index in [0.717, 1.165) is 22.7 Å². The maximum absolute atomic E-state index is 12.6. The van der Waals surface area contributed by atoms with Gasteiger partial charge in [0, 0.05) is 44.4 Å². The molecule has 3 rings (SSSR count). The molecule has 21 heavy (non-hydrogen) atoms. The van der Waals surface area contributed by atoms with Crippen molar-refractivity contribution in [2.75, 3.05) is 20.3 Å². The molecule has 6 heteroatoms. The summed E-state index contributed by atoms with van der Waals surface area (Å²) in [5.74, 6) is 0.247. The van der Waals surface area contributed by atoms with Crippen LogP contribution in [0.5, 0.6) is 0 Å². The minimum Gasteiger partial charge on any atom is -0.384 e. The van der Waals surface area contributed by atoms with Crippen LogP contribution in [-0.2, 0) is 17.8 Å². The molecule has 0 bridgehead atoms. The fourth-order valence-electron chi connectivity index (χ4n) is 2.77. The number of carbonyl (C=O) groups is 1. The largest absolute Gasteiger partial charge is 0.384 e. The highest BCUT2D eigenvalue weighted by atomic mass is 32.1. The van der Waals surface area contributed by atoms with Crippen LogP contribution in [0, 0.1) is 0 Å². The van der Waals surface area contributed by atoms with Gasteiger partial charge in [0.1, 0.15) is 0 Å². The van der Waals surface area contributed by atoms with E-state index in [1.807, 2.05) is 33.3 Å². The second kappa shape index (κ2) is 5.99. The van der Waals surface area contributed by atoms with E-state index in [4.69, 9.17) is 4.74 Å². The fourth-order valence-corrected chi connectivity index (χ4v) is 3.46. The van der Waals surface area contributed by atoms with Gasteiger partial charge < -0.3 is 9.64 Å². The summed E-state index contributed by atoms with van der Waals surface area (Å²) in [6.07, 6.45) is 2.05. The molecule has 0 saturated heterocycles. The highest BCUT2D eigenvalue weighted by Crippen LogP contribution is 2.29. The van der Waals surface area contributed by atoms with Crippen LogP contribution in [-0.4, -0.2) is 40.8 Å². The molecule has 0 spiro atoms. The number of fused-ring (bicyclic) bond motifs is 1. The van der Waals surface area contributed by atoms with E-state index in [0.29, 0.717) is 19.7 Å². The first-order chi connectivity index (χ1) is 10.2. The Labute approximate surface area is 128 Å². The van der Waals surface area contributed by atoms with E-state index in [9.17, 15) is 4.79 Å².